The van der Waals surface area contributed by atoms with Gasteiger partial charge in [-0.3, -0.25) is 4.79 Å². The first-order chi connectivity index (χ1) is 19.1. The lowest BCUT2D eigenvalue weighted by atomic mass is 10.1. The van der Waals surface area contributed by atoms with Crippen LogP contribution in [0, 0.1) is 0 Å². The molecule has 0 aliphatic carbocycles. The molecule has 0 saturated carbocycles. The van der Waals surface area contributed by atoms with E-state index in [1.807, 2.05) is 77.6 Å². The molecule has 194 valence electrons. The van der Waals surface area contributed by atoms with Crippen molar-refractivity contribution in [2.24, 2.45) is 0 Å². The first-order valence-corrected chi connectivity index (χ1v) is 12.8. The number of methoxy groups -OCH3 is 3. The average molecular weight is 538 g/mol. The van der Waals surface area contributed by atoms with Crippen LogP contribution in [0.15, 0.2) is 83.8 Å². The summed E-state index contributed by atoms with van der Waals surface area (Å²) in [6.07, 6.45) is 3.75. The predicted octanol–water partition coefficient (Wildman–Crippen LogP) is 4.24. The van der Waals surface area contributed by atoms with Crippen LogP contribution in [-0.4, -0.2) is 45.7 Å². The molecule has 0 bridgehead atoms. The maximum atomic E-state index is 13.4. The second kappa shape index (κ2) is 10.1. The Labute approximate surface area is 227 Å². The second-order valence-electron chi connectivity index (χ2n) is 8.56. The quantitative estimate of drug-likeness (QED) is 0.301. The molecule has 0 radical (unpaired) electrons. The molecule has 0 unspecified atom stereocenters. The molecule has 6 rings (SSSR count). The van der Waals surface area contributed by atoms with Crippen molar-refractivity contribution >= 4 is 22.4 Å². The van der Waals surface area contributed by atoms with Gasteiger partial charge in [0.1, 0.15) is 11.4 Å². The summed E-state index contributed by atoms with van der Waals surface area (Å²) in [5, 5.41) is 9.33. The van der Waals surface area contributed by atoms with E-state index in [4.69, 9.17) is 19.3 Å². The van der Waals surface area contributed by atoms with E-state index in [0.29, 0.717) is 26.8 Å². The normalized spacial score (nSPS) is 11.7. The minimum Gasteiger partial charge on any atom is -0.497 e. The summed E-state index contributed by atoms with van der Waals surface area (Å²) in [5.74, 6) is 2.35. The number of benzene rings is 3. The van der Waals surface area contributed by atoms with E-state index in [9.17, 15) is 4.79 Å². The number of aromatic nitrogens is 5. The van der Waals surface area contributed by atoms with Gasteiger partial charge in [0, 0.05) is 22.9 Å². The number of ether oxygens (including phenoxy) is 3. The van der Waals surface area contributed by atoms with Crippen molar-refractivity contribution in [1.29, 1.82) is 0 Å². The lowest BCUT2D eigenvalue weighted by molar-refractivity contribution is 0.355. The fourth-order valence-electron chi connectivity index (χ4n) is 4.25. The van der Waals surface area contributed by atoms with Gasteiger partial charge in [-0.1, -0.05) is 29.5 Å². The molecule has 3 aromatic carbocycles. The largest absolute Gasteiger partial charge is 0.497 e. The molecule has 0 atom stereocenters. The first kappa shape index (κ1) is 24.4. The van der Waals surface area contributed by atoms with Crippen LogP contribution >= 0.6 is 11.3 Å². The third-order valence-electron chi connectivity index (χ3n) is 6.24. The number of thiazole rings is 1. The van der Waals surface area contributed by atoms with Crippen LogP contribution < -0.4 is 24.3 Å². The van der Waals surface area contributed by atoms with Crippen molar-refractivity contribution in [2.45, 2.75) is 0 Å². The van der Waals surface area contributed by atoms with Crippen molar-refractivity contribution in [2.75, 3.05) is 21.3 Å². The molecule has 0 amide bonds. The van der Waals surface area contributed by atoms with Crippen molar-refractivity contribution in [1.82, 2.24) is 24.4 Å². The molecular formula is C29H23N5O4S. The highest BCUT2D eigenvalue weighted by Gasteiger charge is 2.16. The first-order valence-electron chi connectivity index (χ1n) is 12.0. The molecule has 6 aromatic rings. The highest BCUT2D eigenvalue weighted by molar-refractivity contribution is 7.15. The van der Waals surface area contributed by atoms with E-state index >= 15 is 0 Å². The minimum atomic E-state index is -0.248. The third kappa shape index (κ3) is 4.51. The van der Waals surface area contributed by atoms with Gasteiger partial charge in [-0.15, -0.1) is 5.10 Å². The maximum Gasteiger partial charge on any atom is 0.291 e. The fraction of sp³-hybridized carbons (Fsp3) is 0.103. The van der Waals surface area contributed by atoms with Gasteiger partial charge >= 0.3 is 0 Å². The Bertz CT molecular complexity index is 1890. The number of rotatable bonds is 7. The van der Waals surface area contributed by atoms with Gasteiger partial charge in [-0.05, 0) is 60.7 Å². The molecule has 0 fully saturated rings. The van der Waals surface area contributed by atoms with Crippen LogP contribution in [0.1, 0.15) is 5.56 Å². The molecule has 3 aromatic heterocycles. The zero-order valence-electron chi connectivity index (χ0n) is 21.4. The van der Waals surface area contributed by atoms with E-state index in [1.54, 1.807) is 33.5 Å². The predicted molar refractivity (Wildman–Crippen MR) is 150 cm³/mol. The third-order valence-corrected chi connectivity index (χ3v) is 7.20. The number of para-hydroxylation sites is 1. The van der Waals surface area contributed by atoms with E-state index in [2.05, 4.69) is 10.1 Å². The Balaban J connectivity index is 1.44. The molecule has 10 heteroatoms. The van der Waals surface area contributed by atoms with Crippen molar-refractivity contribution in [3.63, 3.8) is 0 Å². The van der Waals surface area contributed by atoms with Gasteiger partial charge in [0.2, 0.25) is 4.96 Å². The lowest BCUT2D eigenvalue weighted by Crippen LogP contribution is -2.23. The molecule has 0 N–H and O–H groups in total. The van der Waals surface area contributed by atoms with Crippen LogP contribution in [0.3, 0.4) is 0 Å². The van der Waals surface area contributed by atoms with Crippen LogP contribution in [0.2, 0.25) is 0 Å². The Morgan fingerprint density at radius 1 is 0.821 bits per heavy atom. The Hall–Kier alpha value is -4.96. The average Bonchev–Trinajstić information content (AvgIpc) is 3.68. The van der Waals surface area contributed by atoms with Crippen LogP contribution in [0.25, 0.3) is 39.4 Å². The molecule has 0 aliphatic heterocycles. The number of fused-ring (bicyclic) bond motifs is 1. The Kier molecular flexibility index (Phi) is 6.29. The molecule has 3 heterocycles. The lowest BCUT2D eigenvalue weighted by Gasteiger charge is -2.07. The SMILES string of the molecule is COc1ccc(-c2nn(-c3ccccc3)cc2/C=c2\sc3nc(-c4ccc(OC)c(OC)c4)nn3c2=O)cc1. The van der Waals surface area contributed by atoms with Gasteiger partial charge in [0.05, 0.1) is 31.5 Å². The topological polar surface area (TPSA) is 92.8 Å². The van der Waals surface area contributed by atoms with Crippen LogP contribution in [-0.2, 0) is 0 Å². The standard InChI is InChI=1S/C29H23N5O4S/c1-36-22-12-9-18(10-13-22)26-20(17-33(31-26)21-7-5-4-6-8-21)16-25-28(35)34-29(39-25)30-27(32-34)19-11-14-23(37-2)24(15-19)38-3/h4-17H,1-3H3/b25-16-. The smallest absolute Gasteiger partial charge is 0.291 e. The molecule has 0 spiro atoms. The zero-order chi connectivity index (χ0) is 26.9. The number of nitrogens with zero attached hydrogens (tertiary/aromatic N) is 5. The van der Waals surface area contributed by atoms with Gasteiger partial charge in [0.25, 0.3) is 5.56 Å². The molecule has 9 nitrogen and oxygen atoms in total. The maximum absolute atomic E-state index is 13.4. The summed E-state index contributed by atoms with van der Waals surface area (Å²) in [6.45, 7) is 0. The monoisotopic (exact) mass is 537 g/mol. The van der Waals surface area contributed by atoms with Crippen molar-refractivity contribution in [3.05, 3.63) is 99.4 Å². The summed E-state index contributed by atoms with van der Waals surface area (Å²) in [7, 11) is 4.78. The molecular weight excluding hydrogens is 514 g/mol. The summed E-state index contributed by atoms with van der Waals surface area (Å²) in [6, 6.07) is 22.9. The van der Waals surface area contributed by atoms with Crippen LogP contribution in [0.5, 0.6) is 17.2 Å². The fourth-order valence-corrected chi connectivity index (χ4v) is 5.15. The zero-order valence-corrected chi connectivity index (χ0v) is 22.2. The number of hydrogen-bond acceptors (Lipinski definition) is 8. The van der Waals surface area contributed by atoms with Gasteiger partial charge in [-0.2, -0.15) is 14.6 Å². The number of hydrogen-bond donors (Lipinski definition) is 0. The van der Waals surface area contributed by atoms with E-state index < -0.39 is 0 Å². The van der Waals surface area contributed by atoms with E-state index in [-0.39, 0.29) is 5.56 Å². The molecule has 39 heavy (non-hydrogen) atoms. The minimum absolute atomic E-state index is 0.248. The Morgan fingerprint density at radius 3 is 2.26 bits per heavy atom. The van der Waals surface area contributed by atoms with E-state index in [1.165, 1.54) is 15.9 Å². The molecule has 0 aliphatic rings. The highest BCUT2D eigenvalue weighted by Crippen LogP contribution is 2.31. The van der Waals surface area contributed by atoms with Gasteiger partial charge in [-0.25, -0.2) is 4.68 Å². The molecule has 0 saturated heterocycles. The van der Waals surface area contributed by atoms with Crippen molar-refractivity contribution < 1.29 is 14.2 Å². The summed E-state index contributed by atoms with van der Waals surface area (Å²) in [4.78, 5) is 18.5. The van der Waals surface area contributed by atoms with E-state index in [0.717, 1.165) is 33.8 Å². The summed E-state index contributed by atoms with van der Waals surface area (Å²) in [5.41, 5.74) is 3.83. The highest BCUT2D eigenvalue weighted by atomic mass is 32.1. The van der Waals surface area contributed by atoms with Crippen molar-refractivity contribution in [3.8, 4) is 45.6 Å². The summed E-state index contributed by atoms with van der Waals surface area (Å²) >= 11 is 1.28. The second-order valence-corrected chi connectivity index (χ2v) is 9.57. The summed E-state index contributed by atoms with van der Waals surface area (Å²) < 4.78 is 19.7. The van der Waals surface area contributed by atoms with Gasteiger partial charge < -0.3 is 14.2 Å². The Morgan fingerprint density at radius 2 is 1.56 bits per heavy atom. The van der Waals surface area contributed by atoms with Crippen LogP contribution in [0.4, 0.5) is 0 Å². The van der Waals surface area contributed by atoms with Gasteiger partial charge in [0.15, 0.2) is 17.3 Å².